The SMILES string of the molecule is CCN(C)C1COC1.CN1CC2CCN(C3COC3)CC2C1.CN1CCC2CN(C3COC3)CCC21.CN1CCCC1. The second-order valence-electron chi connectivity index (χ2n) is 14.6. The van der Waals surface area contributed by atoms with E-state index < -0.39 is 0 Å². The zero-order chi connectivity index (χ0) is 29.5. The van der Waals surface area contributed by atoms with E-state index in [9.17, 15) is 0 Å². The molecule has 0 amide bonds. The van der Waals surface area contributed by atoms with Gasteiger partial charge >= 0.3 is 0 Å². The molecule has 9 heteroatoms. The number of fused-ring (bicyclic) bond motifs is 2. The van der Waals surface area contributed by atoms with Gasteiger partial charge in [-0.15, -0.1) is 0 Å². The molecule has 0 saturated carbocycles. The van der Waals surface area contributed by atoms with Gasteiger partial charge in [0.05, 0.1) is 57.8 Å². The molecule has 8 rings (SSSR count). The first-order valence-corrected chi connectivity index (χ1v) is 17.4. The molecule has 0 aromatic heterocycles. The van der Waals surface area contributed by atoms with Gasteiger partial charge in [-0.05, 0) is 111 Å². The number of nitrogens with zero attached hydrogens (tertiary/aromatic N) is 6. The molecule has 0 aliphatic carbocycles. The summed E-state index contributed by atoms with van der Waals surface area (Å²) >= 11 is 0. The van der Waals surface area contributed by atoms with Crippen LogP contribution in [0.15, 0.2) is 0 Å². The van der Waals surface area contributed by atoms with Crippen LogP contribution >= 0.6 is 0 Å². The highest BCUT2D eigenvalue weighted by Crippen LogP contribution is 2.33. The van der Waals surface area contributed by atoms with Crippen molar-refractivity contribution >= 4 is 0 Å². The van der Waals surface area contributed by atoms with E-state index in [1.165, 1.54) is 91.0 Å². The Morgan fingerprint density at radius 3 is 1.62 bits per heavy atom. The summed E-state index contributed by atoms with van der Waals surface area (Å²) < 4.78 is 15.6. The van der Waals surface area contributed by atoms with Gasteiger partial charge in [0.15, 0.2) is 0 Å². The van der Waals surface area contributed by atoms with Crippen LogP contribution in [0.3, 0.4) is 0 Å². The lowest BCUT2D eigenvalue weighted by atomic mass is 9.88. The fraction of sp³-hybridized carbons (Fsp3) is 1.00. The number of likely N-dealkylation sites (N-methyl/N-ethyl adjacent to an activating group) is 1. The van der Waals surface area contributed by atoms with Gasteiger partial charge in [-0.3, -0.25) is 14.7 Å². The first kappa shape index (κ1) is 33.0. The van der Waals surface area contributed by atoms with Crippen LogP contribution in [-0.4, -0.2) is 187 Å². The minimum atomic E-state index is 0.708. The van der Waals surface area contributed by atoms with E-state index in [1.807, 2.05) is 0 Å². The van der Waals surface area contributed by atoms with Crippen molar-refractivity contribution in [3.8, 4) is 0 Å². The third-order valence-electron chi connectivity index (χ3n) is 11.5. The third kappa shape index (κ3) is 8.88. The average Bonchev–Trinajstić information content (AvgIpc) is 3.61. The molecule has 0 radical (unpaired) electrons. The van der Waals surface area contributed by atoms with E-state index in [1.54, 1.807) is 0 Å². The van der Waals surface area contributed by atoms with Crippen LogP contribution < -0.4 is 0 Å². The van der Waals surface area contributed by atoms with E-state index in [-0.39, 0.29) is 0 Å². The standard InChI is InChI=1S/2C11H20N2O.C6H13NO.C5H11N/c1-12-4-2-9-6-13(5-3-11(9)12)10-7-14-8-10;1-12-4-9-2-3-13(6-10(9)5-12)11-7-14-8-11;1-3-7(2)6-4-8-5-6;1-6-4-2-3-5-6/h2*9-11H,2-8H2,1H3;6H,3-5H2,1-2H3;2-5H2,1H3. The van der Waals surface area contributed by atoms with Crippen LogP contribution in [0, 0.1) is 17.8 Å². The number of ether oxygens (including phenoxy) is 3. The van der Waals surface area contributed by atoms with Gasteiger partial charge in [0, 0.05) is 38.8 Å². The minimum Gasteiger partial charge on any atom is -0.378 e. The number of hydrogen-bond donors (Lipinski definition) is 0. The molecule has 9 nitrogen and oxygen atoms in total. The molecule has 4 atom stereocenters. The number of hydrogen-bond acceptors (Lipinski definition) is 9. The molecule has 4 unspecified atom stereocenters. The lowest BCUT2D eigenvalue weighted by molar-refractivity contribution is -0.0798. The van der Waals surface area contributed by atoms with E-state index >= 15 is 0 Å². The molecule has 0 bridgehead atoms. The fourth-order valence-corrected chi connectivity index (χ4v) is 8.02. The Balaban J connectivity index is 0.000000118. The van der Waals surface area contributed by atoms with Crippen LogP contribution in [-0.2, 0) is 14.2 Å². The summed E-state index contributed by atoms with van der Waals surface area (Å²) in [7, 11) is 8.85. The molecule has 0 aromatic carbocycles. The molecular weight excluding hydrogens is 528 g/mol. The van der Waals surface area contributed by atoms with E-state index in [2.05, 4.69) is 64.5 Å². The van der Waals surface area contributed by atoms with Crippen molar-refractivity contribution in [1.82, 2.24) is 29.4 Å². The lowest BCUT2D eigenvalue weighted by Gasteiger charge is -2.44. The summed E-state index contributed by atoms with van der Waals surface area (Å²) in [5.74, 6) is 2.86. The number of rotatable bonds is 4. The van der Waals surface area contributed by atoms with Crippen LogP contribution in [0.25, 0.3) is 0 Å². The summed E-state index contributed by atoms with van der Waals surface area (Å²) in [5.41, 5.74) is 0. The molecular formula is C33H64N6O3. The Morgan fingerprint density at radius 1 is 0.595 bits per heavy atom. The Bertz CT molecular complexity index is 756. The zero-order valence-corrected chi connectivity index (χ0v) is 27.8. The first-order valence-electron chi connectivity index (χ1n) is 17.4. The van der Waals surface area contributed by atoms with Crippen molar-refractivity contribution in [2.45, 2.75) is 63.2 Å². The Hall–Kier alpha value is -0.360. The highest BCUT2D eigenvalue weighted by Gasteiger charge is 2.40. The van der Waals surface area contributed by atoms with Gasteiger partial charge < -0.3 is 28.9 Å². The van der Waals surface area contributed by atoms with E-state index in [0.29, 0.717) is 6.04 Å². The molecule has 8 saturated heterocycles. The Kier molecular flexibility index (Phi) is 12.8. The summed E-state index contributed by atoms with van der Waals surface area (Å²) in [6, 6.07) is 3.09. The van der Waals surface area contributed by atoms with Crippen molar-refractivity contribution in [2.24, 2.45) is 17.8 Å². The molecule has 8 aliphatic rings. The molecule has 0 spiro atoms. The van der Waals surface area contributed by atoms with Gasteiger partial charge in [-0.25, -0.2) is 0 Å². The molecule has 0 aromatic rings. The average molecular weight is 593 g/mol. The van der Waals surface area contributed by atoms with Crippen LogP contribution in [0.4, 0.5) is 0 Å². The summed E-state index contributed by atoms with van der Waals surface area (Å²) in [6.07, 6.45) is 7.02. The molecule has 8 aliphatic heterocycles. The second-order valence-corrected chi connectivity index (χ2v) is 14.6. The van der Waals surface area contributed by atoms with Gasteiger partial charge in [-0.2, -0.15) is 0 Å². The molecule has 8 fully saturated rings. The summed E-state index contributed by atoms with van der Waals surface area (Å²) in [6.45, 7) is 20.9. The Morgan fingerprint density at radius 2 is 1.14 bits per heavy atom. The fourth-order valence-electron chi connectivity index (χ4n) is 8.02. The van der Waals surface area contributed by atoms with Crippen LogP contribution in [0.5, 0.6) is 0 Å². The third-order valence-corrected chi connectivity index (χ3v) is 11.5. The Labute approximate surface area is 257 Å². The number of likely N-dealkylation sites (tertiary alicyclic amines) is 5. The molecule has 0 N–H and O–H groups in total. The van der Waals surface area contributed by atoms with Crippen molar-refractivity contribution in [3.63, 3.8) is 0 Å². The monoisotopic (exact) mass is 593 g/mol. The quantitative estimate of drug-likeness (QED) is 0.486. The minimum absolute atomic E-state index is 0.708. The maximum atomic E-state index is 5.27. The largest absolute Gasteiger partial charge is 0.378 e. The normalized spacial score (nSPS) is 35.0. The van der Waals surface area contributed by atoms with Gasteiger partial charge in [-0.1, -0.05) is 6.92 Å². The summed E-state index contributed by atoms with van der Waals surface area (Å²) in [4.78, 5) is 15.0. The first-order chi connectivity index (χ1) is 20.4. The highest BCUT2D eigenvalue weighted by atomic mass is 16.5. The number of piperidine rings is 2. The predicted octanol–water partition coefficient (Wildman–Crippen LogP) is 1.73. The maximum Gasteiger partial charge on any atom is 0.0645 e. The molecule has 8 heterocycles. The predicted molar refractivity (Wildman–Crippen MR) is 170 cm³/mol. The van der Waals surface area contributed by atoms with Gasteiger partial charge in [0.25, 0.3) is 0 Å². The highest BCUT2D eigenvalue weighted by molar-refractivity contribution is 4.94. The maximum absolute atomic E-state index is 5.27. The van der Waals surface area contributed by atoms with Gasteiger partial charge in [0.1, 0.15) is 0 Å². The molecule has 42 heavy (non-hydrogen) atoms. The molecule has 244 valence electrons. The zero-order valence-electron chi connectivity index (χ0n) is 27.8. The lowest BCUT2D eigenvalue weighted by Crippen LogP contribution is -2.55. The van der Waals surface area contributed by atoms with Crippen LogP contribution in [0.1, 0.15) is 39.0 Å². The van der Waals surface area contributed by atoms with Gasteiger partial charge in [0.2, 0.25) is 0 Å². The second kappa shape index (κ2) is 16.3. The van der Waals surface area contributed by atoms with E-state index in [4.69, 9.17) is 14.2 Å². The summed E-state index contributed by atoms with van der Waals surface area (Å²) in [5, 5.41) is 0. The topological polar surface area (TPSA) is 47.1 Å². The van der Waals surface area contributed by atoms with Crippen molar-refractivity contribution in [1.29, 1.82) is 0 Å². The van der Waals surface area contributed by atoms with Crippen LogP contribution in [0.2, 0.25) is 0 Å². The van der Waals surface area contributed by atoms with Crippen molar-refractivity contribution in [3.05, 3.63) is 0 Å². The van der Waals surface area contributed by atoms with Crippen molar-refractivity contribution < 1.29 is 14.2 Å². The van der Waals surface area contributed by atoms with Crippen molar-refractivity contribution in [2.75, 3.05) is 133 Å². The van der Waals surface area contributed by atoms with E-state index in [0.717, 1.165) is 82.1 Å². The smallest absolute Gasteiger partial charge is 0.0645 e.